The van der Waals surface area contributed by atoms with E-state index in [0.717, 1.165) is 5.69 Å². The summed E-state index contributed by atoms with van der Waals surface area (Å²) < 4.78 is 0. The van der Waals surface area contributed by atoms with E-state index in [1.54, 1.807) is 0 Å². The van der Waals surface area contributed by atoms with Gasteiger partial charge in [-0.15, -0.1) is 0 Å². The number of pyridine rings is 1. The van der Waals surface area contributed by atoms with Crippen molar-refractivity contribution in [3.05, 3.63) is 78.0 Å². The van der Waals surface area contributed by atoms with Crippen molar-refractivity contribution in [2.75, 3.05) is 0 Å². The summed E-state index contributed by atoms with van der Waals surface area (Å²) in [5.74, 6) is 0. The van der Waals surface area contributed by atoms with Gasteiger partial charge in [0.25, 0.3) is 0 Å². The highest BCUT2D eigenvalue weighted by molar-refractivity contribution is 5.73. The van der Waals surface area contributed by atoms with Crippen LogP contribution >= 0.6 is 0 Å². The van der Waals surface area contributed by atoms with Crippen LogP contribution in [0.2, 0.25) is 0 Å². The van der Waals surface area contributed by atoms with Gasteiger partial charge < -0.3 is 0 Å². The second-order valence-electron chi connectivity index (χ2n) is 5.06. The number of aromatic nitrogens is 1. The van der Waals surface area contributed by atoms with E-state index >= 15 is 0 Å². The molecule has 0 spiro atoms. The van der Waals surface area contributed by atoms with E-state index in [2.05, 4.69) is 67.4 Å². The van der Waals surface area contributed by atoms with Gasteiger partial charge in [0.1, 0.15) is 0 Å². The minimum atomic E-state index is 1.07. The monoisotopic (exact) mass is 259 g/mol. The van der Waals surface area contributed by atoms with Crippen molar-refractivity contribution in [3.8, 4) is 22.4 Å². The highest BCUT2D eigenvalue weighted by atomic mass is 14.7. The Bertz CT molecular complexity index is 730. The first kappa shape index (κ1) is 12.6. The lowest BCUT2D eigenvalue weighted by molar-refractivity contribution is 1.26. The summed E-state index contributed by atoms with van der Waals surface area (Å²) in [6.07, 6.45) is 1.85. The lowest BCUT2D eigenvalue weighted by atomic mass is 9.96. The molecule has 0 bridgehead atoms. The first-order valence-corrected chi connectivity index (χ1v) is 6.84. The Kier molecular flexibility index (Phi) is 3.34. The fourth-order valence-corrected chi connectivity index (χ4v) is 2.51. The van der Waals surface area contributed by atoms with Crippen LogP contribution in [-0.2, 0) is 0 Å². The van der Waals surface area contributed by atoms with E-state index in [1.165, 1.54) is 27.8 Å². The fourth-order valence-electron chi connectivity index (χ4n) is 2.51. The van der Waals surface area contributed by atoms with Crippen molar-refractivity contribution >= 4 is 0 Å². The second-order valence-corrected chi connectivity index (χ2v) is 5.06. The zero-order valence-corrected chi connectivity index (χ0v) is 11.8. The van der Waals surface area contributed by atoms with Crippen LogP contribution in [0.15, 0.2) is 66.9 Å². The summed E-state index contributed by atoms with van der Waals surface area (Å²) in [5.41, 5.74) is 7.25. The molecule has 0 N–H and O–H groups in total. The molecule has 0 saturated heterocycles. The summed E-state index contributed by atoms with van der Waals surface area (Å²) in [7, 11) is 0. The lowest BCUT2D eigenvalue weighted by Gasteiger charge is -2.10. The van der Waals surface area contributed by atoms with Crippen LogP contribution < -0.4 is 0 Å². The average Bonchev–Trinajstić information content (AvgIpc) is 2.49. The number of benzene rings is 2. The molecule has 1 aromatic heterocycles. The van der Waals surface area contributed by atoms with Gasteiger partial charge in [0, 0.05) is 11.8 Å². The molecule has 0 aliphatic rings. The summed E-state index contributed by atoms with van der Waals surface area (Å²) in [6.45, 7) is 4.25. The summed E-state index contributed by atoms with van der Waals surface area (Å²) in [4.78, 5) is 4.51. The molecule has 0 aliphatic heterocycles. The lowest BCUT2D eigenvalue weighted by Crippen LogP contribution is -1.91. The topological polar surface area (TPSA) is 12.9 Å². The van der Waals surface area contributed by atoms with Crippen LogP contribution in [-0.4, -0.2) is 4.98 Å². The molecule has 0 fully saturated rings. The summed E-state index contributed by atoms with van der Waals surface area (Å²) in [6, 6.07) is 21.1. The second kappa shape index (κ2) is 5.30. The van der Waals surface area contributed by atoms with Gasteiger partial charge in [-0.3, -0.25) is 4.98 Å². The molecule has 1 heterocycles. The standard InChI is InChI=1S/C19H17N/c1-14-7-6-12-20-19(14)18-11-10-17(13-15(18)2)16-8-4-3-5-9-16/h3-13H,1-2H3. The van der Waals surface area contributed by atoms with Gasteiger partial charge >= 0.3 is 0 Å². The third-order valence-corrected chi connectivity index (χ3v) is 3.60. The van der Waals surface area contributed by atoms with Gasteiger partial charge in [-0.2, -0.15) is 0 Å². The molecule has 1 heteroatoms. The Labute approximate surface area is 119 Å². The quantitative estimate of drug-likeness (QED) is 0.628. The summed E-state index contributed by atoms with van der Waals surface area (Å²) >= 11 is 0. The Morgan fingerprint density at radius 3 is 2.20 bits per heavy atom. The van der Waals surface area contributed by atoms with Crippen molar-refractivity contribution in [2.24, 2.45) is 0 Å². The molecular formula is C19H17N. The maximum atomic E-state index is 4.51. The molecular weight excluding hydrogens is 242 g/mol. The Morgan fingerprint density at radius 1 is 0.700 bits per heavy atom. The van der Waals surface area contributed by atoms with Gasteiger partial charge in [0.05, 0.1) is 5.69 Å². The van der Waals surface area contributed by atoms with Gasteiger partial charge in [-0.25, -0.2) is 0 Å². The molecule has 0 radical (unpaired) electrons. The van der Waals surface area contributed by atoms with Crippen LogP contribution in [0.3, 0.4) is 0 Å². The highest BCUT2D eigenvalue weighted by Gasteiger charge is 2.07. The average molecular weight is 259 g/mol. The molecule has 98 valence electrons. The fraction of sp³-hybridized carbons (Fsp3) is 0.105. The highest BCUT2D eigenvalue weighted by Crippen LogP contribution is 2.28. The SMILES string of the molecule is Cc1cc(-c2ccccc2)ccc1-c1ncccc1C. The number of hydrogen-bond acceptors (Lipinski definition) is 1. The molecule has 2 aromatic carbocycles. The smallest absolute Gasteiger partial charge is 0.0733 e. The zero-order chi connectivity index (χ0) is 13.9. The molecule has 20 heavy (non-hydrogen) atoms. The molecule has 3 rings (SSSR count). The molecule has 0 amide bonds. The molecule has 0 saturated carbocycles. The van der Waals surface area contributed by atoms with Crippen molar-refractivity contribution in [1.29, 1.82) is 0 Å². The Balaban J connectivity index is 2.07. The van der Waals surface area contributed by atoms with E-state index in [1.807, 2.05) is 18.3 Å². The number of rotatable bonds is 2. The van der Waals surface area contributed by atoms with Crippen molar-refractivity contribution < 1.29 is 0 Å². The van der Waals surface area contributed by atoms with Crippen molar-refractivity contribution in [3.63, 3.8) is 0 Å². The number of hydrogen-bond donors (Lipinski definition) is 0. The van der Waals surface area contributed by atoms with Crippen LogP contribution in [0.1, 0.15) is 11.1 Å². The maximum absolute atomic E-state index is 4.51. The first-order valence-electron chi connectivity index (χ1n) is 6.84. The Hall–Kier alpha value is -2.41. The van der Waals surface area contributed by atoms with E-state index in [4.69, 9.17) is 0 Å². The number of aryl methyl sites for hydroxylation is 2. The molecule has 0 atom stereocenters. The third kappa shape index (κ3) is 2.35. The van der Waals surface area contributed by atoms with Crippen molar-refractivity contribution in [2.45, 2.75) is 13.8 Å². The largest absolute Gasteiger partial charge is 0.256 e. The van der Waals surface area contributed by atoms with E-state index in [-0.39, 0.29) is 0 Å². The van der Waals surface area contributed by atoms with Crippen LogP contribution in [0, 0.1) is 13.8 Å². The minimum absolute atomic E-state index is 1.07. The first-order chi connectivity index (χ1) is 9.75. The van der Waals surface area contributed by atoms with Crippen LogP contribution in [0.5, 0.6) is 0 Å². The van der Waals surface area contributed by atoms with E-state index < -0.39 is 0 Å². The normalized spacial score (nSPS) is 10.5. The van der Waals surface area contributed by atoms with Crippen molar-refractivity contribution in [1.82, 2.24) is 4.98 Å². The van der Waals surface area contributed by atoms with E-state index in [0.29, 0.717) is 0 Å². The minimum Gasteiger partial charge on any atom is -0.256 e. The molecule has 1 nitrogen and oxygen atoms in total. The van der Waals surface area contributed by atoms with Gasteiger partial charge in [0.2, 0.25) is 0 Å². The molecule has 0 unspecified atom stereocenters. The third-order valence-electron chi connectivity index (χ3n) is 3.60. The number of nitrogens with zero attached hydrogens (tertiary/aromatic N) is 1. The van der Waals surface area contributed by atoms with Crippen LogP contribution in [0.25, 0.3) is 22.4 Å². The van der Waals surface area contributed by atoms with Crippen LogP contribution in [0.4, 0.5) is 0 Å². The predicted molar refractivity (Wildman–Crippen MR) is 84.6 cm³/mol. The molecule has 3 aromatic rings. The maximum Gasteiger partial charge on any atom is 0.0733 e. The van der Waals surface area contributed by atoms with Gasteiger partial charge in [-0.1, -0.05) is 54.6 Å². The van der Waals surface area contributed by atoms with E-state index in [9.17, 15) is 0 Å². The summed E-state index contributed by atoms with van der Waals surface area (Å²) in [5, 5.41) is 0. The predicted octanol–water partition coefficient (Wildman–Crippen LogP) is 5.03. The Morgan fingerprint density at radius 2 is 1.50 bits per heavy atom. The molecule has 0 aliphatic carbocycles. The zero-order valence-electron chi connectivity index (χ0n) is 11.8. The van der Waals surface area contributed by atoms with Gasteiger partial charge in [0.15, 0.2) is 0 Å². The van der Waals surface area contributed by atoms with Gasteiger partial charge in [-0.05, 0) is 42.2 Å².